The summed E-state index contributed by atoms with van der Waals surface area (Å²) in [6.07, 6.45) is 1.77. The Morgan fingerprint density at radius 3 is 2.29 bits per heavy atom. The number of methoxy groups -OCH3 is 1. The van der Waals surface area contributed by atoms with Gasteiger partial charge in [0, 0.05) is 5.92 Å². The second kappa shape index (κ2) is 4.70. The maximum Gasteiger partial charge on any atom is 0.118 e. The van der Waals surface area contributed by atoms with Crippen LogP contribution in [0.4, 0.5) is 0 Å². The maximum absolute atomic E-state index is 9.54. The van der Waals surface area contributed by atoms with Crippen molar-refractivity contribution in [1.82, 2.24) is 0 Å². The van der Waals surface area contributed by atoms with Gasteiger partial charge in [-0.05, 0) is 23.8 Å². The topological polar surface area (TPSA) is 29.5 Å². The quantitative estimate of drug-likeness (QED) is 0.745. The fourth-order valence-corrected chi connectivity index (χ4v) is 1.04. The van der Waals surface area contributed by atoms with Gasteiger partial charge in [0.1, 0.15) is 5.75 Å². The van der Waals surface area contributed by atoms with Gasteiger partial charge in [-0.25, -0.2) is 0 Å². The molecule has 1 N–H and O–H groups in total. The average molecular weight is 192 g/mol. The van der Waals surface area contributed by atoms with Gasteiger partial charge in [0.2, 0.25) is 0 Å². The van der Waals surface area contributed by atoms with E-state index in [1.54, 1.807) is 13.2 Å². The van der Waals surface area contributed by atoms with Gasteiger partial charge >= 0.3 is 0 Å². The van der Waals surface area contributed by atoms with Crippen molar-refractivity contribution >= 4 is 6.08 Å². The lowest BCUT2D eigenvalue weighted by atomic mass is 10.1. The van der Waals surface area contributed by atoms with Crippen LogP contribution in [0.15, 0.2) is 30.0 Å². The number of aliphatic hydroxyl groups is 1. The zero-order chi connectivity index (χ0) is 10.6. The van der Waals surface area contributed by atoms with E-state index in [0.717, 1.165) is 11.3 Å². The second-order valence-corrected chi connectivity index (χ2v) is 3.50. The minimum Gasteiger partial charge on any atom is -0.512 e. The Morgan fingerprint density at radius 2 is 1.86 bits per heavy atom. The van der Waals surface area contributed by atoms with Gasteiger partial charge in [-0.1, -0.05) is 26.0 Å². The van der Waals surface area contributed by atoms with Crippen molar-refractivity contribution in [3.63, 3.8) is 0 Å². The fraction of sp³-hybridized carbons (Fsp3) is 0.333. The van der Waals surface area contributed by atoms with Crippen LogP contribution >= 0.6 is 0 Å². The highest BCUT2D eigenvalue weighted by Gasteiger charge is 1.99. The number of ether oxygens (including phenoxy) is 1. The van der Waals surface area contributed by atoms with Gasteiger partial charge in [-0.3, -0.25) is 0 Å². The van der Waals surface area contributed by atoms with E-state index in [1.807, 2.05) is 38.1 Å². The maximum atomic E-state index is 9.54. The standard InChI is InChI=1S/C12H16O2/c1-9(2)12(13)8-10-4-6-11(14-3)7-5-10/h4-9,13H,1-3H3. The first-order chi connectivity index (χ1) is 6.63. The van der Waals surface area contributed by atoms with Crippen molar-refractivity contribution in [1.29, 1.82) is 0 Å². The Balaban J connectivity index is 2.83. The van der Waals surface area contributed by atoms with Gasteiger partial charge < -0.3 is 9.84 Å². The highest BCUT2D eigenvalue weighted by Crippen LogP contribution is 2.15. The molecule has 1 aromatic carbocycles. The van der Waals surface area contributed by atoms with Crippen molar-refractivity contribution in [3.05, 3.63) is 35.6 Å². The van der Waals surface area contributed by atoms with Gasteiger partial charge in [-0.15, -0.1) is 0 Å². The van der Waals surface area contributed by atoms with Crippen LogP contribution in [0.5, 0.6) is 5.75 Å². The summed E-state index contributed by atoms with van der Waals surface area (Å²) in [4.78, 5) is 0. The Morgan fingerprint density at radius 1 is 1.29 bits per heavy atom. The minimum atomic E-state index is 0.164. The molecule has 0 saturated carbocycles. The second-order valence-electron chi connectivity index (χ2n) is 3.50. The Bertz CT molecular complexity index is 310. The van der Waals surface area contributed by atoms with Gasteiger partial charge in [0.05, 0.1) is 12.9 Å². The number of hydrogen-bond donors (Lipinski definition) is 1. The summed E-state index contributed by atoms with van der Waals surface area (Å²) >= 11 is 0. The molecule has 0 aliphatic heterocycles. The molecule has 0 heterocycles. The van der Waals surface area contributed by atoms with E-state index in [1.165, 1.54) is 0 Å². The van der Waals surface area contributed by atoms with Crippen LogP contribution in [0.25, 0.3) is 6.08 Å². The van der Waals surface area contributed by atoms with E-state index in [0.29, 0.717) is 5.76 Å². The molecule has 2 heteroatoms. The number of hydrogen-bond acceptors (Lipinski definition) is 2. The molecule has 0 aliphatic carbocycles. The molecule has 0 aliphatic rings. The molecule has 0 radical (unpaired) electrons. The van der Waals surface area contributed by atoms with Crippen molar-refractivity contribution in [2.75, 3.05) is 7.11 Å². The minimum absolute atomic E-state index is 0.164. The van der Waals surface area contributed by atoms with Gasteiger partial charge in [0.15, 0.2) is 0 Å². The predicted octanol–water partition coefficient (Wildman–Crippen LogP) is 3.25. The molecule has 1 rings (SSSR count). The third-order valence-corrected chi connectivity index (χ3v) is 2.02. The van der Waals surface area contributed by atoms with Crippen LogP contribution in [0.1, 0.15) is 19.4 Å². The molecule has 0 bridgehead atoms. The third kappa shape index (κ3) is 2.80. The van der Waals surface area contributed by atoms with Crippen LogP contribution in [0, 0.1) is 5.92 Å². The SMILES string of the molecule is COc1ccc(C=C(O)C(C)C)cc1. The molecule has 0 atom stereocenters. The first-order valence-electron chi connectivity index (χ1n) is 4.68. The first kappa shape index (κ1) is 10.6. The molecule has 0 spiro atoms. The summed E-state index contributed by atoms with van der Waals surface area (Å²) in [6.45, 7) is 3.91. The van der Waals surface area contributed by atoms with Crippen molar-refractivity contribution in [2.24, 2.45) is 5.92 Å². The van der Waals surface area contributed by atoms with Crippen molar-refractivity contribution < 1.29 is 9.84 Å². The molecule has 0 amide bonds. The summed E-state index contributed by atoms with van der Waals surface area (Å²) in [5.41, 5.74) is 0.983. The molecular formula is C12H16O2. The lowest BCUT2D eigenvalue weighted by Crippen LogP contribution is -1.91. The van der Waals surface area contributed by atoms with E-state index >= 15 is 0 Å². The van der Waals surface area contributed by atoms with Crippen molar-refractivity contribution in [3.8, 4) is 5.75 Å². The lowest BCUT2D eigenvalue weighted by molar-refractivity contribution is 0.357. The van der Waals surface area contributed by atoms with Gasteiger partial charge in [0.25, 0.3) is 0 Å². The molecule has 76 valence electrons. The van der Waals surface area contributed by atoms with E-state index in [9.17, 15) is 5.11 Å². The number of allylic oxidation sites excluding steroid dienone is 1. The molecule has 0 fully saturated rings. The zero-order valence-electron chi connectivity index (χ0n) is 8.82. The Hall–Kier alpha value is -1.44. The average Bonchev–Trinajstić information content (AvgIpc) is 2.19. The molecule has 0 aromatic heterocycles. The highest BCUT2D eigenvalue weighted by molar-refractivity contribution is 5.52. The molecule has 1 aromatic rings. The monoisotopic (exact) mass is 192 g/mol. The summed E-state index contributed by atoms with van der Waals surface area (Å²) in [5, 5.41) is 9.54. The Labute approximate surface area is 84.8 Å². The third-order valence-electron chi connectivity index (χ3n) is 2.02. The summed E-state index contributed by atoms with van der Waals surface area (Å²) in [7, 11) is 1.64. The smallest absolute Gasteiger partial charge is 0.118 e. The van der Waals surface area contributed by atoms with E-state index < -0.39 is 0 Å². The molecule has 0 saturated heterocycles. The van der Waals surface area contributed by atoms with Crippen LogP contribution in [-0.2, 0) is 0 Å². The molecular weight excluding hydrogens is 176 g/mol. The largest absolute Gasteiger partial charge is 0.512 e. The predicted molar refractivity (Wildman–Crippen MR) is 58.4 cm³/mol. The highest BCUT2D eigenvalue weighted by atomic mass is 16.5. The van der Waals surface area contributed by atoms with E-state index in [-0.39, 0.29) is 5.92 Å². The van der Waals surface area contributed by atoms with Crippen LogP contribution in [0.2, 0.25) is 0 Å². The van der Waals surface area contributed by atoms with Crippen LogP contribution in [-0.4, -0.2) is 12.2 Å². The Kier molecular flexibility index (Phi) is 3.57. The number of benzene rings is 1. The fourth-order valence-electron chi connectivity index (χ4n) is 1.04. The summed E-state index contributed by atoms with van der Waals surface area (Å²) in [5.74, 6) is 1.39. The van der Waals surface area contributed by atoms with E-state index in [4.69, 9.17) is 4.74 Å². The summed E-state index contributed by atoms with van der Waals surface area (Å²) < 4.78 is 5.04. The number of aliphatic hydroxyl groups excluding tert-OH is 1. The first-order valence-corrected chi connectivity index (χ1v) is 4.68. The normalized spacial score (nSPS) is 11.9. The zero-order valence-corrected chi connectivity index (χ0v) is 8.82. The molecule has 2 nitrogen and oxygen atoms in total. The van der Waals surface area contributed by atoms with Crippen molar-refractivity contribution in [2.45, 2.75) is 13.8 Å². The lowest BCUT2D eigenvalue weighted by Gasteiger charge is -2.04. The molecule has 14 heavy (non-hydrogen) atoms. The number of rotatable bonds is 3. The van der Waals surface area contributed by atoms with E-state index in [2.05, 4.69) is 0 Å². The summed E-state index contributed by atoms with van der Waals surface area (Å²) in [6, 6.07) is 7.58. The molecule has 0 unspecified atom stereocenters. The van der Waals surface area contributed by atoms with Crippen LogP contribution in [0.3, 0.4) is 0 Å². The van der Waals surface area contributed by atoms with Gasteiger partial charge in [-0.2, -0.15) is 0 Å². The van der Waals surface area contributed by atoms with Crippen LogP contribution < -0.4 is 4.74 Å².